The average molecular weight is 250 g/mol. The minimum absolute atomic E-state index is 0.141. The summed E-state index contributed by atoms with van der Waals surface area (Å²) in [6, 6.07) is 0. The standard InChI is InChI=1S/C15H26N2O/c1-12-6-4-5-9-15(12,11-16)17-14(18)10-13-7-2-3-8-13/h2,7,12-13H,3-6,8-11,16H2,1H3,(H,17,18). The quantitative estimate of drug-likeness (QED) is 0.753. The minimum atomic E-state index is -0.141. The van der Waals surface area contributed by atoms with Gasteiger partial charge in [0, 0.05) is 13.0 Å². The minimum Gasteiger partial charge on any atom is -0.349 e. The average Bonchev–Trinajstić information content (AvgIpc) is 2.85. The van der Waals surface area contributed by atoms with Crippen LogP contribution in [0.5, 0.6) is 0 Å². The third-order valence-electron chi connectivity index (χ3n) is 4.77. The summed E-state index contributed by atoms with van der Waals surface area (Å²) in [7, 11) is 0. The zero-order chi connectivity index (χ0) is 13.0. The van der Waals surface area contributed by atoms with Crippen molar-refractivity contribution in [2.45, 2.75) is 57.4 Å². The molecular weight excluding hydrogens is 224 g/mol. The van der Waals surface area contributed by atoms with E-state index in [4.69, 9.17) is 5.73 Å². The van der Waals surface area contributed by atoms with Crippen LogP contribution in [0.3, 0.4) is 0 Å². The van der Waals surface area contributed by atoms with Gasteiger partial charge in [-0.05, 0) is 37.5 Å². The largest absolute Gasteiger partial charge is 0.349 e. The highest BCUT2D eigenvalue weighted by Crippen LogP contribution is 2.33. The highest BCUT2D eigenvalue weighted by Gasteiger charge is 2.38. The van der Waals surface area contributed by atoms with Gasteiger partial charge in [0.1, 0.15) is 0 Å². The third-order valence-corrected chi connectivity index (χ3v) is 4.77. The van der Waals surface area contributed by atoms with Crippen LogP contribution in [0.25, 0.3) is 0 Å². The smallest absolute Gasteiger partial charge is 0.221 e. The first-order chi connectivity index (χ1) is 8.66. The van der Waals surface area contributed by atoms with Crippen LogP contribution in [-0.2, 0) is 4.79 Å². The Kier molecular flexibility index (Phi) is 4.44. The molecule has 0 aliphatic heterocycles. The molecule has 1 saturated carbocycles. The number of hydrogen-bond donors (Lipinski definition) is 2. The number of rotatable bonds is 4. The van der Waals surface area contributed by atoms with Crippen molar-refractivity contribution >= 4 is 5.91 Å². The summed E-state index contributed by atoms with van der Waals surface area (Å²) in [5, 5.41) is 3.26. The summed E-state index contributed by atoms with van der Waals surface area (Å²) in [6.45, 7) is 2.79. The van der Waals surface area contributed by atoms with Crippen molar-refractivity contribution < 1.29 is 4.79 Å². The highest BCUT2D eigenvalue weighted by molar-refractivity contribution is 5.77. The van der Waals surface area contributed by atoms with Crippen LogP contribution in [0, 0.1) is 11.8 Å². The predicted octanol–water partition coefficient (Wildman–Crippen LogP) is 2.37. The molecule has 0 heterocycles. The lowest BCUT2D eigenvalue weighted by molar-refractivity contribution is -0.124. The number of allylic oxidation sites excluding steroid dienone is 2. The molecule has 0 saturated heterocycles. The Morgan fingerprint density at radius 2 is 2.28 bits per heavy atom. The summed E-state index contributed by atoms with van der Waals surface area (Å²) >= 11 is 0. The zero-order valence-corrected chi connectivity index (χ0v) is 11.5. The van der Waals surface area contributed by atoms with Crippen molar-refractivity contribution in [1.82, 2.24) is 5.32 Å². The van der Waals surface area contributed by atoms with Crippen LogP contribution in [0.15, 0.2) is 12.2 Å². The number of nitrogens with two attached hydrogens (primary N) is 1. The number of carbonyl (C=O) groups is 1. The SMILES string of the molecule is CC1CCCCC1(CN)NC(=O)CC1C=CCC1. The van der Waals surface area contributed by atoms with E-state index in [-0.39, 0.29) is 11.4 Å². The van der Waals surface area contributed by atoms with E-state index in [1.807, 2.05) is 0 Å². The number of carbonyl (C=O) groups excluding carboxylic acids is 1. The summed E-state index contributed by atoms with van der Waals surface area (Å²) in [6.07, 6.45) is 11.9. The maximum absolute atomic E-state index is 12.2. The fourth-order valence-corrected chi connectivity index (χ4v) is 3.39. The summed E-state index contributed by atoms with van der Waals surface area (Å²) in [5.41, 5.74) is 5.82. The maximum atomic E-state index is 12.2. The van der Waals surface area contributed by atoms with Crippen LogP contribution in [0.2, 0.25) is 0 Å². The van der Waals surface area contributed by atoms with E-state index in [1.54, 1.807) is 0 Å². The van der Waals surface area contributed by atoms with Gasteiger partial charge >= 0.3 is 0 Å². The lowest BCUT2D eigenvalue weighted by Gasteiger charge is -2.42. The van der Waals surface area contributed by atoms with E-state index >= 15 is 0 Å². The van der Waals surface area contributed by atoms with Gasteiger partial charge in [0.15, 0.2) is 0 Å². The lowest BCUT2D eigenvalue weighted by atomic mass is 9.73. The van der Waals surface area contributed by atoms with E-state index in [9.17, 15) is 4.79 Å². The first kappa shape index (κ1) is 13.6. The van der Waals surface area contributed by atoms with Gasteiger partial charge in [-0.1, -0.05) is 31.9 Å². The van der Waals surface area contributed by atoms with E-state index in [1.165, 1.54) is 19.3 Å². The summed E-state index contributed by atoms with van der Waals surface area (Å²) in [4.78, 5) is 12.2. The van der Waals surface area contributed by atoms with Crippen molar-refractivity contribution in [3.8, 4) is 0 Å². The van der Waals surface area contributed by atoms with Gasteiger partial charge in [-0.2, -0.15) is 0 Å². The van der Waals surface area contributed by atoms with Gasteiger partial charge < -0.3 is 11.1 Å². The molecule has 0 aromatic heterocycles. The lowest BCUT2D eigenvalue weighted by Crippen LogP contribution is -2.59. The third kappa shape index (κ3) is 2.94. The van der Waals surface area contributed by atoms with Crippen molar-refractivity contribution in [2.75, 3.05) is 6.54 Å². The normalized spacial score (nSPS) is 35.7. The molecule has 0 bridgehead atoms. The molecule has 1 amide bonds. The molecule has 2 aliphatic carbocycles. The van der Waals surface area contributed by atoms with Gasteiger partial charge in [-0.3, -0.25) is 4.79 Å². The Labute approximate surface area is 110 Å². The molecule has 102 valence electrons. The molecule has 0 aromatic carbocycles. The molecule has 3 atom stereocenters. The first-order valence-electron chi connectivity index (χ1n) is 7.34. The monoisotopic (exact) mass is 250 g/mol. The van der Waals surface area contributed by atoms with Crippen LogP contribution in [-0.4, -0.2) is 18.0 Å². The fourth-order valence-electron chi connectivity index (χ4n) is 3.39. The van der Waals surface area contributed by atoms with E-state index in [0.717, 1.165) is 19.3 Å². The van der Waals surface area contributed by atoms with E-state index in [2.05, 4.69) is 24.4 Å². The molecular formula is C15H26N2O. The van der Waals surface area contributed by atoms with Crippen LogP contribution in [0.1, 0.15) is 51.9 Å². The Morgan fingerprint density at radius 3 is 2.89 bits per heavy atom. The van der Waals surface area contributed by atoms with E-state index in [0.29, 0.717) is 24.8 Å². The van der Waals surface area contributed by atoms with Gasteiger partial charge in [0.05, 0.1) is 5.54 Å². The molecule has 0 radical (unpaired) electrons. The van der Waals surface area contributed by atoms with Crippen LogP contribution < -0.4 is 11.1 Å². The molecule has 3 heteroatoms. The molecule has 18 heavy (non-hydrogen) atoms. The molecule has 2 aliphatic rings. The second-order valence-corrected chi connectivity index (χ2v) is 6.02. The Morgan fingerprint density at radius 1 is 1.44 bits per heavy atom. The topological polar surface area (TPSA) is 55.1 Å². The summed E-state index contributed by atoms with van der Waals surface area (Å²) < 4.78 is 0. The van der Waals surface area contributed by atoms with Crippen molar-refractivity contribution in [1.29, 1.82) is 0 Å². The van der Waals surface area contributed by atoms with Gasteiger partial charge in [-0.25, -0.2) is 0 Å². The van der Waals surface area contributed by atoms with Gasteiger partial charge in [0.25, 0.3) is 0 Å². The predicted molar refractivity (Wildman–Crippen MR) is 74.0 cm³/mol. The van der Waals surface area contributed by atoms with Gasteiger partial charge in [0.2, 0.25) is 5.91 Å². The first-order valence-corrected chi connectivity index (χ1v) is 7.34. The second-order valence-electron chi connectivity index (χ2n) is 6.02. The summed E-state index contributed by atoms with van der Waals surface area (Å²) in [5.74, 6) is 1.13. The number of hydrogen-bond acceptors (Lipinski definition) is 2. The molecule has 0 spiro atoms. The molecule has 3 unspecified atom stereocenters. The van der Waals surface area contributed by atoms with E-state index < -0.39 is 0 Å². The van der Waals surface area contributed by atoms with Crippen molar-refractivity contribution in [3.05, 3.63) is 12.2 Å². The molecule has 2 rings (SSSR count). The highest BCUT2D eigenvalue weighted by atomic mass is 16.1. The second kappa shape index (κ2) is 5.87. The Bertz CT molecular complexity index is 326. The molecule has 0 aromatic rings. The zero-order valence-electron chi connectivity index (χ0n) is 11.5. The fraction of sp³-hybridized carbons (Fsp3) is 0.800. The van der Waals surface area contributed by atoms with Crippen LogP contribution >= 0.6 is 0 Å². The molecule has 3 N–H and O–H groups in total. The number of nitrogens with one attached hydrogen (secondary N) is 1. The maximum Gasteiger partial charge on any atom is 0.221 e. The molecule has 1 fully saturated rings. The molecule has 3 nitrogen and oxygen atoms in total. The van der Waals surface area contributed by atoms with Crippen molar-refractivity contribution in [2.24, 2.45) is 17.6 Å². The number of amides is 1. The van der Waals surface area contributed by atoms with Gasteiger partial charge in [-0.15, -0.1) is 0 Å². The van der Waals surface area contributed by atoms with Crippen LogP contribution in [0.4, 0.5) is 0 Å². The Hall–Kier alpha value is -0.830. The Balaban J connectivity index is 1.92. The van der Waals surface area contributed by atoms with Crippen molar-refractivity contribution in [3.63, 3.8) is 0 Å².